The molecule has 0 fully saturated rings. The molecule has 1 N–H and O–H groups in total. The fourth-order valence-electron chi connectivity index (χ4n) is 2.72. The van der Waals surface area contributed by atoms with Crippen molar-refractivity contribution in [3.63, 3.8) is 0 Å². The number of hydrogen-bond donors (Lipinski definition) is 1. The Kier molecular flexibility index (Phi) is 5.17. The summed E-state index contributed by atoms with van der Waals surface area (Å²) >= 11 is 5.95. The topological polar surface area (TPSA) is 115 Å². The average molecular weight is 418 g/mol. The summed E-state index contributed by atoms with van der Waals surface area (Å²) in [5.74, 6) is -1.32. The fraction of sp³-hybridized carbons (Fsp3) is 0. The largest absolute Gasteiger partial charge is 0.478 e. The number of benzene rings is 3. The summed E-state index contributed by atoms with van der Waals surface area (Å²) in [6.45, 7) is 0. The van der Waals surface area contributed by atoms with E-state index >= 15 is 0 Å². The van der Waals surface area contributed by atoms with Gasteiger partial charge < -0.3 is 5.11 Å². The summed E-state index contributed by atoms with van der Waals surface area (Å²) in [6.07, 6.45) is 0. The molecule has 7 nitrogen and oxygen atoms in total. The van der Waals surface area contributed by atoms with Crippen LogP contribution in [0, 0.1) is 10.1 Å². The Balaban J connectivity index is 2.31. The Morgan fingerprint density at radius 3 is 2.21 bits per heavy atom. The van der Waals surface area contributed by atoms with Crippen LogP contribution in [0.3, 0.4) is 0 Å². The highest BCUT2D eigenvalue weighted by Gasteiger charge is 2.25. The molecule has 0 aliphatic heterocycles. The van der Waals surface area contributed by atoms with Gasteiger partial charge in [-0.1, -0.05) is 29.8 Å². The molecule has 3 rings (SSSR count). The van der Waals surface area contributed by atoms with E-state index < -0.39 is 26.4 Å². The maximum absolute atomic E-state index is 12.9. The second-order valence-corrected chi connectivity index (χ2v) is 8.13. The minimum absolute atomic E-state index is 0.0133. The van der Waals surface area contributed by atoms with Crippen molar-refractivity contribution in [2.24, 2.45) is 0 Å². The van der Waals surface area contributed by atoms with E-state index in [1.165, 1.54) is 30.3 Å². The summed E-state index contributed by atoms with van der Waals surface area (Å²) < 4.78 is 25.7. The van der Waals surface area contributed by atoms with Crippen LogP contribution in [0.5, 0.6) is 0 Å². The number of sulfone groups is 1. The number of hydrogen-bond acceptors (Lipinski definition) is 5. The van der Waals surface area contributed by atoms with E-state index in [4.69, 9.17) is 11.6 Å². The Morgan fingerprint density at radius 1 is 0.929 bits per heavy atom. The maximum Gasteiger partial charge on any atom is 0.336 e. The highest BCUT2D eigenvalue weighted by atomic mass is 35.5. The van der Waals surface area contributed by atoms with E-state index in [2.05, 4.69) is 0 Å². The molecular formula is C19H12ClNO6S. The van der Waals surface area contributed by atoms with Crippen LogP contribution < -0.4 is 0 Å². The van der Waals surface area contributed by atoms with Crippen molar-refractivity contribution in [3.05, 3.63) is 87.4 Å². The van der Waals surface area contributed by atoms with Crippen LogP contribution in [0.25, 0.3) is 11.1 Å². The molecule has 0 saturated heterocycles. The molecule has 0 heterocycles. The van der Waals surface area contributed by atoms with Gasteiger partial charge in [-0.2, -0.15) is 0 Å². The third kappa shape index (κ3) is 3.60. The standard InChI is InChI=1S/C19H12ClNO6S/c20-12-6-8-15(19(22)23)16(10-12)17-11-14(7-9-18(17)21(24)25)28(26,27)13-4-2-1-3-5-13/h1-11H,(H,22,23). The Morgan fingerprint density at radius 2 is 1.61 bits per heavy atom. The van der Waals surface area contributed by atoms with Crippen LogP contribution in [0.1, 0.15) is 10.4 Å². The van der Waals surface area contributed by atoms with Crippen molar-refractivity contribution in [2.45, 2.75) is 9.79 Å². The summed E-state index contributed by atoms with van der Waals surface area (Å²) in [5, 5.41) is 21.0. The predicted molar refractivity (Wildman–Crippen MR) is 102 cm³/mol. The number of carboxylic acids is 1. The van der Waals surface area contributed by atoms with Gasteiger partial charge in [-0.15, -0.1) is 0 Å². The van der Waals surface area contributed by atoms with Crippen molar-refractivity contribution in [1.29, 1.82) is 0 Å². The van der Waals surface area contributed by atoms with Gasteiger partial charge in [-0.05, 0) is 42.5 Å². The van der Waals surface area contributed by atoms with Crippen molar-refractivity contribution in [1.82, 2.24) is 0 Å². The summed E-state index contributed by atoms with van der Waals surface area (Å²) in [6, 6.07) is 14.6. The molecule has 0 spiro atoms. The molecule has 0 atom stereocenters. The van der Waals surface area contributed by atoms with Crippen molar-refractivity contribution in [2.75, 3.05) is 0 Å². The lowest BCUT2D eigenvalue weighted by atomic mass is 9.98. The van der Waals surface area contributed by atoms with E-state index in [0.29, 0.717) is 0 Å². The lowest BCUT2D eigenvalue weighted by Crippen LogP contribution is -2.05. The monoisotopic (exact) mass is 417 g/mol. The van der Waals surface area contributed by atoms with E-state index in [1.807, 2.05) is 0 Å². The third-order valence-electron chi connectivity index (χ3n) is 4.03. The smallest absolute Gasteiger partial charge is 0.336 e. The summed E-state index contributed by atoms with van der Waals surface area (Å²) in [5.41, 5.74) is -0.864. The molecule has 0 aliphatic carbocycles. The van der Waals surface area contributed by atoms with Crippen LogP contribution in [-0.2, 0) is 9.84 Å². The van der Waals surface area contributed by atoms with Gasteiger partial charge in [-0.25, -0.2) is 13.2 Å². The van der Waals surface area contributed by atoms with Crippen LogP contribution in [0.2, 0.25) is 5.02 Å². The molecule has 3 aromatic rings. The Hall–Kier alpha value is -3.23. The zero-order chi connectivity index (χ0) is 20.5. The van der Waals surface area contributed by atoms with Gasteiger partial charge in [0.2, 0.25) is 9.84 Å². The molecule has 0 aliphatic rings. The van der Waals surface area contributed by atoms with E-state index in [1.54, 1.807) is 18.2 Å². The van der Waals surface area contributed by atoms with Gasteiger partial charge in [0.1, 0.15) is 0 Å². The molecule has 0 bridgehead atoms. The van der Waals surface area contributed by atoms with Crippen LogP contribution in [-0.4, -0.2) is 24.4 Å². The highest BCUT2D eigenvalue weighted by molar-refractivity contribution is 7.91. The second-order valence-electron chi connectivity index (χ2n) is 5.75. The molecule has 28 heavy (non-hydrogen) atoms. The van der Waals surface area contributed by atoms with Gasteiger partial charge >= 0.3 is 5.97 Å². The summed E-state index contributed by atoms with van der Waals surface area (Å²) in [4.78, 5) is 22.1. The van der Waals surface area contributed by atoms with Crippen molar-refractivity contribution in [3.8, 4) is 11.1 Å². The van der Waals surface area contributed by atoms with E-state index in [-0.39, 0.29) is 31.5 Å². The molecule has 3 aromatic carbocycles. The third-order valence-corrected chi connectivity index (χ3v) is 6.03. The van der Waals surface area contributed by atoms with Gasteiger partial charge in [0, 0.05) is 16.7 Å². The Bertz CT molecular complexity index is 1190. The molecule has 9 heteroatoms. The fourth-order valence-corrected chi connectivity index (χ4v) is 4.20. The zero-order valence-corrected chi connectivity index (χ0v) is 15.6. The van der Waals surface area contributed by atoms with Crippen LogP contribution in [0.4, 0.5) is 5.69 Å². The molecule has 0 amide bonds. The minimum Gasteiger partial charge on any atom is -0.478 e. The number of nitro benzene ring substituents is 1. The lowest BCUT2D eigenvalue weighted by molar-refractivity contribution is -0.384. The molecule has 0 saturated carbocycles. The van der Waals surface area contributed by atoms with Gasteiger partial charge in [0.25, 0.3) is 5.69 Å². The lowest BCUT2D eigenvalue weighted by Gasteiger charge is -2.11. The normalized spacial score (nSPS) is 11.2. The molecule has 0 radical (unpaired) electrons. The first kappa shape index (κ1) is 19.5. The first-order chi connectivity index (χ1) is 13.2. The number of rotatable bonds is 5. The highest BCUT2D eigenvalue weighted by Crippen LogP contribution is 2.37. The van der Waals surface area contributed by atoms with Crippen LogP contribution >= 0.6 is 11.6 Å². The zero-order valence-electron chi connectivity index (χ0n) is 14.1. The molecule has 0 aromatic heterocycles. The predicted octanol–water partition coefficient (Wildman–Crippen LogP) is 4.45. The summed E-state index contributed by atoms with van der Waals surface area (Å²) in [7, 11) is -3.96. The average Bonchev–Trinajstić information content (AvgIpc) is 2.67. The Labute approximate surface area is 164 Å². The molecular weight excluding hydrogens is 406 g/mol. The maximum atomic E-state index is 12.9. The number of halogens is 1. The van der Waals surface area contributed by atoms with Crippen molar-refractivity contribution < 1.29 is 23.2 Å². The first-order valence-electron chi connectivity index (χ1n) is 7.83. The SMILES string of the molecule is O=C(O)c1ccc(Cl)cc1-c1cc(S(=O)(=O)c2ccccc2)ccc1[N+](=O)[O-]. The van der Waals surface area contributed by atoms with Crippen molar-refractivity contribution >= 4 is 33.1 Å². The van der Waals surface area contributed by atoms with Gasteiger partial charge in [-0.3, -0.25) is 10.1 Å². The number of nitrogens with zero attached hydrogens (tertiary/aromatic N) is 1. The minimum atomic E-state index is -3.96. The number of carboxylic acid groups (broad SMARTS) is 1. The van der Waals surface area contributed by atoms with E-state index in [9.17, 15) is 28.4 Å². The molecule has 142 valence electrons. The number of aromatic carboxylic acids is 1. The van der Waals surface area contributed by atoms with Gasteiger partial charge in [0.05, 0.1) is 25.8 Å². The first-order valence-corrected chi connectivity index (χ1v) is 9.69. The van der Waals surface area contributed by atoms with Crippen LogP contribution in [0.15, 0.2) is 76.5 Å². The number of carbonyl (C=O) groups is 1. The second kappa shape index (κ2) is 7.41. The molecule has 0 unspecified atom stereocenters. The van der Waals surface area contributed by atoms with Gasteiger partial charge in [0.15, 0.2) is 0 Å². The quantitative estimate of drug-likeness (QED) is 0.484. The number of nitro groups is 1. The van der Waals surface area contributed by atoms with E-state index in [0.717, 1.165) is 18.2 Å².